The van der Waals surface area contributed by atoms with Crippen LogP contribution in [0.5, 0.6) is 0 Å². The Balaban J connectivity index is 0.000000251. The molecule has 10 nitrogen and oxygen atoms in total. The molecule has 0 radical (unpaired) electrons. The Morgan fingerprint density at radius 2 is 1.36 bits per heavy atom. The van der Waals surface area contributed by atoms with Crippen LogP contribution in [0.3, 0.4) is 0 Å². The number of rotatable bonds is 4. The standard InChI is InChI=1S/C7H4INO4.C7H5NO4/c8-5-1-4(7(10)11)2-6(3-5)9(12)13;9-7(10)5-2-1-3-6(4-5)8(11)12/h1-3H,(H,10,11);1-4H,(H,9,10). The summed E-state index contributed by atoms with van der Waals surface area (Å²) in [5.41, 5.74) is -0.568. The van der Waals surface area contributed by atoms with Crippen molar-refractivity contribution in [3.8, 4) is 0 Å². The van der Waals surface area contributed by atoms with Crippen molar-refractivity contribution in [2.45, 2.75) is 0 Å². The average molecular weight is 460 g/mol. The normalized spacial score (nSPS) is 9.48. The van der Waals surface area contributed by atoms with Crippen LogP contribution in [0.25, 0.3) is 0 Å². The minimum absolute atomic E-state index is 0.0707. The van der Waals surface area contributed by atoms with Gasteiger partial charge >= 0.3 is 11.9 Å². The molecule has 11 heteroatoms. The Kier molecular flexibility index (Phi) is 6.93. The summed E-state index contributed by atoms with van der Waals surface area (Å²) in [7, 11) is 0. The maximum Gasteiger partial charge on any atom is 0.335 e. The third-order valence-electron chi connectivity index (χ3n) is 2.64. The van der Waals surface area contributed by atoms with Gasteiger partial charge in [0.25, 0.3) is 11.4 Å². The van der Waals surface area contributed by atoms with Gasteiger partial charge in [-0.05, 0) is 34.7 Å². The molecule has 0 saturated heterocycles. The summed E-state index contributed by atoms with van der Waals surface area (Å²) in [5.74, 6) is -2.33. The van der Waals surface area contributed by atoms with Gasteiger partial charge in [-0.2, -0.15) is 0 Å². The Bertz CT molecular complexity index is 791. The van der Waals surface area contributed by atoms with Crippen molar-refractivity contribution in [1.82, 2.24) is 0 Å². The molecular weight excluding hydrogens is 451 g/mol. The predicted molar refractivity (Wildman–Crippen MR) is 92.8 cm³/mol. The average Bonchev–Trinajstić information content (AvgIpc) is 2.54. The molecule has 0 atom stereocenters. The number of carbonyl (C=O) groups is 2. The second kappa shape index (κ2) is 8.68. The highest BCUT2D eigenvalue weighted by Gasteiger charge is 2.12. The number of hydrogen-bond donors (Lipinski definition) is 2. The highest BCUT2D eigenvalue weighted by Crippen LogP contribution is 2.18. The topological polar surface area (TPSA) is 161 Å². The summed E-state index contributed by atoms with van der Waals surface area (Å²) < 4.78 is 0.532. The molecule has 0 aromatic heterocycles. The van der Waals surface area contributed by atoms with E-state index in [4.69, 9.17) is 10.2 Å². The molecule has 0 saturated carbocycles. The van der Waals surface area contributed by atoms with Gasteiger partial charge in [0.15, 0.2) is 0 Å². The molecule has 0 spiro atoms. The van der Waals surface area contributed by atoms with Gasteiger partial charge in [-0.3, -0.25) is 20.2 Å². The van der Waals surface area contributed by atoms with E-state index in [1.165, 1.54) is 30.3 Å². The van der Waals surface area contributed by atoms with Crippen molar-refractivity contribution in [3.63, 3.8) is 0 Å². The fraction of sp³-hybridized carbons (Fsp3) is 0. The molecule has 0 heterocycles. The second-order valence-electron chi connectivity index (χ2n) is 4.37. The fourth-order valence-corrected chi connectivity index (χ4v) is 2.21. The molecule has 0 fully saturated rings. The van der Waals surface area contributed by atoms with Crippen molar-refractivity contribution in [1.29, 1.82) is 0 Å². The maximum absolute atomic E-state index is 10.5. The van der Waals surface area contributed by atoms with Crippen molar-refractivity contribution in [3.05, 3.63) is 77.4 Å². The van der Waals surface area contributed by atoms with E-state index in [1.807, 2.05) is 22.6 Å². The maximum atomic E-state index is 10.5. The zero-order valence-electron chi connectivity index (χ0n) is 12.2. The smallest absolute Gasteiger partial charge is 0.335 e. The van der Waals surface area contributed by atoms with Crippen LogP contribution >= 0.6 is 22.6 Å². The lowest BCUT2D eigenvalue weighted by atomic mass is 10.2. The molecule has 0 bridgehead atoms. The van der Waals surface area contributed by atoms with E-state index in [1.54, 1.807) is 0 Å². The van der Waals surface area contributed by atoms with Crippen LogP contribution in [0.2, 0.25) is 0 Å². The molecule has 2 aromatic carbocycles. The summed E-state index contributed by atoms with van der Waals surface area (Å²) in [6, 6.07) is 8.61. The summed E-state index contributed by atoms with van der Waals surface area (Å²) >= 11 is 1.83. The SMILES string of the molecule is O=C(O)c1cc(I)cc([N+](=O)[O-])c1.O=C(O)c1cccc([N+](=O)[O-])c1. The minimum atomic E-state index is -1.17. The van der Waals surface area contributed by atoms with Gasteiger partial charge in [0.2, 0.25) is 0 Å². The Hall–Kier alpha value is -3.09. The molecule has 130 valence electrons. The van der Waals surface area contributed by atoms with Crippen LogP contribution < -0.4 is 0 Å². The lowest BCUT2D eigenvalue weighted by Crippen LogP contribution is -1.98. The molecule has 2 rings (SSSR count). The van der Waals surface area contributed by atoms with E-state index in [9.17, 15) is 29.8 Å². The van der Waals surface area contributed by atoms with Crippen molar-refractivity contribution < 1.29 is 29.6 Å². The number of carboxylic acid groups (broad SMARTS) is 2. The zero-order valence-corrected chi connectivity index (χ0v) is 14.3. The highest BCUT2D eigenvalue weighted by molar-refractivity contribution is 14.1. The quantitative estimate of drug-likeness (QED) is 0.400. The van der Waals surface area contributed by atoms with Gasteiger partial charge in [-0.25, -0.2) is 9.59 Å². The van der Waals surface area contributed by atoms with Gasteiger partial charge in [-0.15, -0.1) is 0 Å². The first kappa shape index (κ1) is 20.0. The van der Waals surface area contributed by atoms with E-state index in [2.05, 4.69) is 0 Å². The molecule has 0 amide bonds. The largest absolute Gasteiger partial charge is 0.478 e. The van der Waals surface area contributed by atoms with E-state index >= 15 is 0 Å². The van der Waals surface area contributed by atoms with E-state index in [0.29, 0.717) is 3.57 Å². The van der Waals surface area contributed by atoms with Gasteiger partial charge in [-0.1, -0.05) is 6.07 Å². The Morgan fingerprint density at radius 1 is 0.840 bits per heavy atom. The van der Waals surface area contributed by atoms with E-state index < -0.39 is 21.8 Å². The molecule has 2 N–H and O–H groups in total. The van der Waals surface area contributed by atoms with Crippen LogP contribution in [-0.2, 0) is 0 Å². The fourth-order valence-electron chi connectivity index (χ4n) is 1.56. The third-order valence-corrected chi connectivity index (χ3v) is 3.27. The number of hydrogen-bond acceptors (Lipinski definition) is 6. The van der Waals surface area contributed by atoms with Gasteiger partial charge < -0.3 is 10.2 Å². The first-order valence-corrected chi connectivity index (χ1v) is 7.35. The number of halogens is 1. The Morgan fingerprint density at radius 3 is 1.84 bits per heavy atom. The van der Waals surface area contributed by atoms with Gasteiger partial charge in [0.05, 0.1) is 21.0 Å². The number of non-ortho nitro benzene ring substituents is 2. The molecule has 0 aliphatic heterocycles. The lowest BCUT2D eigenvalue weighted by molar-refractivity contribution is -0.385. The van der Waals surface area contributed by atoms with Gasteiger partial charge in [0.1, 0.15) is 0 Å². The van der Waals surface area contributed by atoms with E-state index in [-0.39, 0.29) is 22.5 Å². The Labute approximate surface area is 153 Å². The van der Waals surface area contributed by atoms with E-state index in [0.717, 1.165) is 12.1 Å². The van der Waals surface area contributed by atoms with Crippen LogP contribution in [0.15, 0.2) is 42.5 Å². The monoisotopic (exact) mass is 460 g/mol. The van der Waals surface area contributed by atoms with Crippen molar-refractivity contribution in [2.24, 2.45) is 0 Å². The zero-order chi connectivity index (χ0) is 19.1. The summed E-state index contributed by atoms with van der Waals surface area (Å²) in [6.07, 6.45) is 0. The van der Waals surface area contributed by atoms with Crippen LogP contribution in [0, 0.1) is 23.8 Å². The lowest BCUT2D eigenvalue weighted by Gasteiger charge is -1.96. The third kappa shape index (κ3) is 6.14. The highest BCUT2D eigenvalue weighted by atomic mass is 127. The molecular formula is C14H9IN2O8. The van der Waals surface area contributed by atoms with Gasteiger partial charge in [0, 0.05) is 27.8 Å². The molecule has 25 heavy (non-hydrogen) atoms. The number of aromatic carboxylic acids is 2. The summed E-state index contributed by atoms with van der Waals surface area (Å²) in [5, 5.41) is 37.6. The van der Waals surface area contributed by atoms with Crippen LogP contribution in [0.4, 0.5) is 11.4 Å². The summed E-state index contributed by atoms with van der Waals surface area (Å²) in [4.78, 5) is 40.1. The number of benzene rings is 2. The number of nitro groups is 2. The van der Waals surface area contributed by atoms with Crippen molar-refractivity contribution in [2.75, 3.05) is 0 Å². The minimum Gasteiger partial charge on any atom is -0.478 e. The number of nitrogens with zero attached hydrogens (tertiary/aromatic N) is 2. The number of nitro benzene ring substituents is 2. The molecule has 2 aromatic rings. The molecule has 0 unspecified atom stereocenters. The second-order valence-corrected chi connectivity index (χ2v) is 5.62. The summed E-state index contributed by atoms with van der Waals surface area (Å²) in [6.45, 7) is 0. The first-order valence-electron chi connectivity index (χ1n) is 6.28. The predicted octanol–water partition coefficient (Wildman–Crippen LogP) is 3.19. The first-order chi connectivity index (χ1) is 11.6. The molecule has 0 aliphatic carbocycles. The van der Waals surface area contributed by atoms with Crippen molar-refractivity contribution >= 4 is 45.9 Å². The van der Waals surface area contributed by atoms with Crippen LogP contribution in [-0.4, -0.2) is 32.0 Å². The van der Waals surface area contributed by atoms with Crippen LogP contribution in [0.1, 0.15) is 20.7 Å². The molecule has 0 aliphatic rings. The number of carboxylic acids is 2.